The summed E-state index contributed by atoms with van der Waals surface area (Å²) in [6.45, 7) is 0.909. The molecule has 0 radical (unpaired) electrons. The van der Waals surface area contributed by atoms with Crippen molar-refractivity contribution in [3.8, 4) is 0 Å². The average molecular weight is 341 g/mol. The number of amides is 1. The van der Waals surface area contributed by atoms with Crippen molar-refractivity contribution in [3.63, 3.8) is 0 Å². The molecule has 130 valence electrons. The highest BCUT2D eigenvalue weighted by Crippen LogP contribution is 2.27. The first kappa shape index (κ1) is 17.1. The molecule has 1 aliphatic rings. The molecule has 1 atom stereocenters. The number of Topliss-reactive ketones (excluding diaryl/α,β-unsaturated/α-hetero) is 1. The number of carbonyl (C=O) groups is 2. The van der Waals surface area contributed by atoms with Gasteiger partial charge in [0.15, 0.2) is 5.78 Å². The molecule has 1 amide bonds. The average Bonchev–Trinajstić information content (AvgIpc) is 3.00. The summed E-state index contributed by atoms with van der Waals surface area (Å²) in [6.07, 6.45) is 1.45. The summed E-state index contributed by atoms with van der Waals surface area (Å²) in [5.41, 5.74) is 1.57. The fourth-order valence-electron chi connectivity index (χ4n) is 3.00. The van der Waals surface area contributed by atoms with Crippen LogP contribution in [0.15, 0.2) is 54.6 Å². The van der Waals surface area contributed by atoms with E-state index in [0.717, 1.165) is 5.56 Å². The van der Waals surface area contributed by atoms with Crippen LogP contribution in [0.4, 0.5) is 9.18 Å². The van der Waals surface area contributed by atoms with Crippen molar-refractivity contribution in [1.29, 1.82) is 0 Å². The molecule has 5 heteroatoms. The fourth-order valence-corrected chi connectivity index (χ4v) is 3.00. The maximum Gasteiger partial charge on any atom is 0.410 e. The van der Waals surface area contributed by atoms with Gasteiger partial charge >= 0.3 is 6.09 Å². The zero-order chi connectivity index (χ0) is 17.6. The number of nitrogens with zero attached hydrogens (tertiary/aromatic N) is 1. The highest BCUT2D eigenvalue weighted by atomic mass is 19.1. The van der Waals surface area contributed by atoms with Gasteiger partial charge in [-0.05, 0) is 42.7 Å². The molecule has 1 fully saturated rings. The van der Waals surface area contributed by atoms with E-state index in [1.165, 1.54) is 24.3 Å². The topological polar surface area (TPSA) is 46.6 Å². The Morgan fingerprint density at radius 3 is 2.52 bits per heavy atom. The van der Waals surface area contributed by atoms with E-state index >= 15 is 0 Å². The predicted octanol–water partition coefficient (Wildman–Crippen LogP) is 4.37. The molecule has 0 spiro atoms. The zero-order valence-corrected chi connectivity index (χ0v) is 13.9. The van der Waals surface area contributed by atoms with Crippen LogP contribution in [0.1, 0.15) is 41.2 Å². The summed E-state index contributed by atoms with van der Waals surface area (Å²) in [5, 5.41) is 0. The molecule has 2 aromatic carbocycles. The molecule has 0 unspecified atom stereocenters. The minimum Gasteiger partial charge on any atom is -0.447 e. The van der Waals surface area contributed by atoms with Crippen molar-refractivity contribution >= 4 is 11.9 Å². The molecule has 0 N–H and O–H groups in total. The van der Waals surface area contributed by atoms with Gasteiger partial charge in [-0.3, -0.25) is 9.69 Å². The number of hydrogen-bond acceptors (Lipinski definition) is 3. The Morgan fingerprint density at radius 2 is 1.80 bits per heavy atom. The summed E-state index contributed by atoms with van der Waals surface area (Å²) in [6, 6.07) is 15.3. The van der Waals surface area contributed by atoms with E-state index < -0.39 is 0 Å². The van der Waals surface area contributed by atoms with Gasteiger partial charge in [0, 0.05) is 18.5 Å². The lowest BCUT2D eigenvalue weighted by Crippen LogP contribution is -2.28. The second-order valence-corrected chi connectivity index (χ2v) is 6.08. The largest absolute Gasteiger partial charge is 0.447 e. The smallest absolute Gasteiger partial charge is 0.410 e. The van der Waals surface area contributed by atoms with Crippen molar-refractivity contribution in [2.24, 2.45) is 0 Å². The number of carbonyl (C=O) groups excluding carboxylic acids is 2. The first-order valence-corrected chi connectivity index (χ1v) is 8.42. The Hall–Kier alpha value is -2.69. The van der Waals surface area contributed by atoms with E-state index in [2.05, 4.69) is 0 Å². The second kappa shape index (κ2) is 7.92. The van der Waals surface area contributed by atoms with Crippen LogP contribution < -0.4 is 0 Å². The number of halogens is 1. The minimum absolute atomic E-state index is 0.0105. The lowest BCUT2D eigenvalue weighted by atomic mass is 10.0. The molecule has 1 aliphatic heterocycles. The van der Waals surface area contributed by atoms with Crippen molar-refractivity contribution in [3.05, 3.63) is 71.5 Å². The van der Waals surface area contributed by atoms with Crippen LogP contribution in [0, 0.1) is 5.82 Å². The molecular formula is C20H20FNO3. The maximum absolute atomic E-state index is 12.9. The Labute approximate surface area is 146 Å². The Morgan fingerprint density at radius 1 is 1.08 bits per heavy atom. The van der Waals surface area contributed by atoms with Gasteiger partial charge in [-0.25, -0.2) is 9.18 Å². The van der Waals surface area contributed by atoms with Gasteiger partial charge in [0.25, 0.3) is 0 Å². The fraction of sp³-hybridized carbons (Fsp3) is 0.300. The summed E-state index contributed by atoms with van der Waals surface area (Å²) < 4.78 is 18.1. The first-order valence-electron chi connectivity index (χ1n) is 8.42. The van der Waals surface area contributed by atoms with Gasteiger partial charge in [0.1, 0.15) is 12.4 Å². The van der Waals surface area contributed by atoms with Crippen LogP contribution in [0.2, 0.25) is 0 Å². The van der Waals surface area contributed by atoms with E-state index in [-0.39, 0.29) is 23.7 Å². The summed E-state index contributed by atoms with van der Waals surface area (Å²) in [4.78, 5) is 25.7. The van der Waals surface area contributed by atoms with E-state index in [4.69, 9.17) is 4.74 Å². The standard InChI is InChI=1S/C20H20FNO3/c21-17-11-9-16(10-12-17)19(23)8-4-5-13-22-18(14-25-20(22)24)15-6-2-1-3-7-15/h1-3,6-7,9-12,18H,4-5,8,13-14H2/t18-/m1/s1. The van der Waals surface area contributed by atoms with Crippen molar-refractivity contribution in [2.45, 2.75) is 25.3 Å². The Bertz CT molecular complexity index is 730. The zero-order valence-electron chi connectivity index (χ0n) is 13.9. The monoisotopic (exact) mass is 341 g/mol. The Balaban J connectivity index is 1.50. The number of ketones is 1. The van der Waals surface area contributed by atoms with Crippen LogP contribution >= 0.6 is 0 Å². The maximum atomic E-state index is 12.9. The molecule has 1 heterocycles. The second-order valence-electron chi connectivity index (χ2n) is 6.08. The molecule has 0 aliphatic carbocycles. The van der Waals surface area contributed by atoms with Gasteiger partial charge in [0.05, 0.1) is 6.04 Å². The van der Waals surface area contributed by atoms with Crippen LogP contribution in [0.3, 0.4) is 0 Å². The number of cyclic esters (lactones) is 1. The molecule has 0 bridgehead atoms. The predicted molar refractivity (Wildman–Crippen MR) is 91.8 cm³/mol. The first-order chi connectivity index (χ1) is 12.1. The number of unbranched alkanes of at least 4 members (excludes halogenated alkanes) is 1. The number of ether oxygens (including phenoxy) is 1. The SMILES string of the molecule is O=C(CCCCN1C(=O)OC[C@@H]1c1ccccc1)c1ccc(F)cc1. The lowest BCUT2D eigenvalue weighted by molar-refractivity contribution is 0.0978. The third kappa shape index (κ3) is 4.24. The molecule has 4 nitrogen and oxygen atoms in total. The summed E-state index contributed by atoms with van der Waals surface area (Å²) >= 11 is 0. The number of hydrogen-bond donors (Lipinski definition) is 0. The van der Waals surface area contributed by atoms with E-state index in [0.29, 0.717) is 38.0 Å². The van der Waals surface area contributed by atoms with Gasteiger partial charge < -0.3 is 4.74 Å². The van der Waals surface area contributed by atoms with E-state index in [9.17, 15) is 14.0 Å². The molecule has 3 rings (SSSR count). The normalized spacial score (nSPS) is 16.8. The molecular weight excluding hydrogens is 321 g/mol. The highest BCUT2D eigenvalue weighted by Gasteiger charge is 2.33. The van der Waals surface area contributed by atoms with Crippen LogP contribution in [0.25, 0.3) is 0 Å². The van der Waals surface area contributed by atoms with Crippen LogP contribution in [0.5, 0.6) is 0 Å². The van der Waals surface area contributed by atoms with Gasteiger partial charge in [-0.2, -0.15) is 0 Å². The van der Waals surface area contributed by atoms with E-state index in [1.54, 1.807) is 4.90 Å². The van der Waals surface area contributed by atoms with Crippen molar-refractivity contribution in [2.75, 3.05) is 13.2 Å². The summed E-state index contributed by atoms with van der Waals surface area (Å²) in [5.74, 6) is -0.361. The van der Waals surface area contributed by atoms with Crippen molar-refractivity contribution in [1.82, 2.24) is 4.90 Å². The van der Waals surface area contributed by atoms with Crippen LogP contribution in [-0.4, -0.2) is 29.9 Å². The minimum atomic E-state index is -0.351. The van der Waals surface area contributed by atoms with Crippen LogP contribution in [-0.2, 0) is 4.74 Å². The molecule has 0 aromatic heterocycles. The molecule has 0 saturated carbocycles. The molecule has 1 saturated heterocycles. The van der Waals surface area contributed by atoms with Gasteiger partial charge in [0.2, 0.25) is 0 Å². The Kier molecular flexibility index (Phi) is 5.43. The van der Waals surface area contributed by atoms with Crippen molar-refractivity contribution < 1.29 is 18.7 Å². The van der Waals surface area contributed by atoms with Gasteiger partial charge in [-0.1, -0.05) is 30.3 Å². The summed E-state index contributed by atoms with van der Waals surface area (Å²) in [7, 11) is 0. The third-order valence-corrected chi connectivity index (χ3v) is 4.38. The van der Waals surface area contributed by atoms with Gasteiger partial charge in [-0.15, -0.1) is 0 Å². The highest BCUT2D eigenvalue weighted by molar-refractivity contribution is 5.95. The molecule has 2 aromatic rings. The van der Waals surface area contributed by atoms with E-state index in [1.807, 2.05) is 30.3 Å². The quantitative estimate of drug-likeness (QED) is 0.555. The lowest BCUT2D eigenvalue weighted by Gasteiger charge is -2.21. The number of rotatable bonds is 7. The molecule has 25 heavy (non-hydrogen) atoms. The number of benzene rings is 2. The third-order valence-electron chi connectivity index (χ3n) is 4.38.